The summed E-state index contributed by atoms with van der Waals surface area (Å²) in [6, 6.07) is 5.11. The van der Waals surface area contributed by atoms with Gasteiger partial charge in [-0.3, -0.25) is 15.6 Å². The number of aromatic hydroxyl groups is 1. The highest BCUT2D eigenvalue weighted by atomic mass is 16.8. The second kappa shape index (κ2) is 18.1. The van der Waals surface area contributed by atoms with E-state index in [0.717, 1.165) is 0 Å². The number of para-hydroxylation sites is 2. The van der Waals surface area contributed by atoms with Crippen LogP contribution in [0.25, 0.3) is 22.1 Å². The molecule has 1 saturated carbocycles. The van der Waals surface area contributed by atoms with Gasteiger partial charge in [0.2, 0.25) is 0 Å². The summed E-state index contributed by atoms with van der Waals surface area (Å²) >= 11 is 0. The lowest BCUT2D eigenvalue weighted by Gasteiger charge is -2.47. The molecule has 0 bridgehead atoms. The number of aliphatic hydroxyl groups is 7. The number of phenols is 1. The van der Waals surface area contributed by atoms with Crippen LogP contribution in [0.4, 0.5) is 0 Å². The normalized spacial score (nSPS) is 35.7. The van der Waals surface area contributed by atoms with Crippen molar-refractivity contribution >= 4 is 40.3 Å². The molecule has 0 unspecified atom stereocenters. The Morgan fingerprint density at radius 3 is 2.02 bits per heavy atom. The number of carbonyl (C=O) groups excluding carboxylic acids is 1. The van der Waals surface area contributed by atoms with Gasteiger partial charge in [0.25, 0.3) is 11.0 Å². The number of aldehydes is 1. The Morgan fingerprint density at radius 1 is 0.864 bits per heavy atom. The fourth-order valence-corrected chi connectivity index (χ4v) is 7.35. The van der Waals surface area contributed by atoms with E-state index in [1.54, 1.807) is 12.1 Å². The highest BCUT2D eigenvalue weighted by Crippen LogP contribution is 2.38. The first-order valence-electron chi connectivity index (χ1n) is 18.0. The lowest BCUT2D eigenvalue weighted by molar-refractivity contribution is -0.591. The quantitative estimate of drug-likeness (QED) is 0.0225. The lowest BCUT2D eigenvalue weighted by atomic mass is 9.81. The molecular weight excluding hydrogens is 790 g/mol. The highest BCUT2D eigenvalue weighted by molar-refractivity contribution is 5.83. The number of benzene rings is 2. The van der Waals surface area contributed by atoms with Crippen molar-refractivity contribution in [3.8, 4) is 11.5 Å². The Kier molecular flexibility index (Phi) is 13.8. The number of nitrogens with zero attached hydrogens (tertiary/aromatic N) is 2. The van der Waals surface area contributed by atoms with Crippen LogP contribution in [-0.2, 0) is 23.7 Å². The second-order valence-corrected chi connectivity index (χ2v) is 14.0. The lowest BCUT2D eigenvalue weighted by Crippen LogP contribution is -2.73. The van der Waals surface area contributed by atoms with Crippen LogP contribution in [0.15, 0.2) is 36.4 Å². The van der Waals surface area contributed by atoms with Gasteiger partial charge in [0.05, 0.1) is 44.1 Å². The van der Waals surface area contributed by atoms with Gasteiger partial charge in [0.1, 0.15) is 42.7 Å². The van der Waals surface area contributed by atoms with Gasteiger partial charge in [-0.15, -0.1) is 0 Å². The maximum Gasteiger partial charge on any atom is 0.332 e. The van der Waals surface area contributed by atoms with Gasteiger partial charge in [-0.2, -0.15) is 9.46 Å². The third-order valence-corrected chi connectivity index (χ3v) is 10.5. The number of likely N-dealkylation sites (N-methyl/N-ethyl adjacent to an activating group) is 1. The van der Waals surface area contributed by atoms with E-state index in [9.17, 15) is 56.1 Å². The molecule has 0 amide bonds. The average molecular weight is 840 g/mol. The van der Waals surface area contributed by atoms with Crippen molar-refractivity contribution in [1.82, 2.24) is 16.0 Å². The summed E-state index contributed by atoms with van der Waals surface area (Å²) in [5, 5.41) is 131. The number of nitrogens with two attached hydrogens (primary N) is 2. The Bertz CT molecular complexity index is 2000. The Labute approximate surface area is 334 Å². The molecule has 25 heteroatoms. The van der Waals surface area contributed by atoms with Gasteiger partial charge in [0.15, 0.2) is 47.9 Å². The molecular formula is C34H49N9O16. The average Bonchev–Trinajstić information content (AvgIpc) is 3.44. The van der Waals surface area contributed by atoms with Crippen molar-refractivity contribution in [1.29, 1.82) is 10.8 Å². The number of rotatable bonds is 10. The number of carbonyl (C=O) groups is 1. The zero-order chi connectivity index (χ0) is 43.7. The third-order valence-electron chi connectivity index (χ3n) is 10.5. The van der Waals surface area contributed by atoms with E-state index in [4.69, 9.17) is 46.0 Å². The smallest absolute Gasteiger partial charge is 0.332 e. The fraction of sp³-hybridized carbons (Fsp3) is 0.559. The van der Waals surface area contributed by atoms with Crippen LogP contribution >= 0.6 is 0 Å². The van der Waals surface area contributed by atoms with Gasteiger partial charge in [0, 0.05) is 12.1 Å². The van der Waals surface area contributed by atoms with Crippen LogP contribution in [-0.4, -0.2) is 171 Å². The summed E-state index contributed by atoms with van der Waals surface area (Å²) < 4.78 is 29.2. The molecule has 326 valence electrons. The van der Waals surface area contributed by atoms with Crippen molar-refractivity contribution in [2.24, 2.45) is 11.5 Å². The molecule has 3 fully saturated rings. The summed E-state index contributed by atoms with van der Waals surface area (Å²) in [6.45, 7) is 0.613. The summed E-state index contributed by atoms with van der Waals surface area (Å²) in [5.41, 5.74) is 8.69. The molecule has 3 aromatic rings. The third kappa shape index (κ3) is 8.40. The van der Waals surface area contributed by atoms with Gasteiger partial charge in [-0.1, -0.05) is 12.1 Å². The minimum absolute atomic E-state index is 0.0572. The van der Waals surface area contributed by atoms with Gasteiger partial charge < -0.3 is 102 Å². The SMILES string of the molecule is CN[C@@H]1[C@H](O[C@H]2[C@H](O[C@H]3[C@H](O)[C@@H](O)[C@H](NC(=N)N)[C@@H](O)[C@@H]3NC(=N)N)O[C@@H](C)[C@]2(O)C=O)O[C@@H](CO)[C@H](O)[C@H]1O.COc1cccc2c1[n+]([O-])c1cccc(O)c1[n+]2[O-]. The summed E-state index contributed by atoms with van der Waals surface area (Å²) in [6.07, 6.45) is -17.3. The number of nitrogens with one attached hydrogen (secondary N) is 5. The van der Waals surface area contributed by atoms with Crippen molar-refractivity contribution < 1.29 is 78.8 Å². The van der Waals surface area contributed by atoms with E-state index < -0.39 is 110 Å². The predicted molar refractivity (Wildman–Crippen MR) is 199 cm³/mol. The van der Waals surface area contributed by atoms with Gasteiger partial charge in [-0.05, 0) is 26.1 Å². The largest absolute Gasteiger partial charge is 0.617 e. The van der Waals surface area contributed by atoms with E-state index in [1.807, 2.05) is 0 Å². The highest BCUT2D eigenvalue weighted by Gasteiger charge is 2.61. The van der Waals surface area contributed by atoms with Crippen molar-refractivity contribution in [2.45, 2.75) is 98.2 Å². The first kappa shape index (κ1) is 45.1. The molecule has 17 N–H and O–H groups in total. The maximum absolute atomic E-state index is 12.3. The van der Waals surface area contributed by atoms with Crippen LogP contribution in [0.5, 0.6) is 11.5 Å². The minimum atomic E-state index is -2.39. The molecule has 2 aromatic carbocycles. The fourth-order valence-electron chi connectivity index (χ4n) is 7.35. The van der Waals surface area contributed by atoms with Gasteiger partial charge in [-0.25, -0.2) is 0 Å². The molecule has 3 aliphatic rings. The topological polar surface area (TPSA) is 415 Å². The molecule has 15 atom stereocenters. The number of guanidine groups is 2. The predicted octanol–water partition coefficient (Wildman–Crippen LogP) is -6.77. The van der Waals surface area contributed by atoms with E-state index in [-0.39, 0.29) is 34.1 Å². The molecule has 0 radical (unpaired) electrons. The monoisotopic (exact) mass is 839 g/mol. The second-order valence-electron chi connectivity index (χ2n) is 14.0. The van der Waals surface area contributed by atoms with Gasteiger partial charge >= 0.3 is 11.0 Å². The molecule has 2 saturated heterocycles. The van der Waals surface area contributed by atoms with Crippen LogP contribution < -0.4 is 41.6 Å². The zero-order valence-electron chi connectivity index (χ0n) is 31.7. The van der Waals surface area contributed by atoms with E-state index in [0.29, 0.717) is 15.2 Å². The van der Waals surface area contributed by atoms with Crippen LogP contribution in [0.1, 0.15) is 6.92 Å². The van der Waals surface area contributed by atoms with Crippen molar-refractivity contribution in [3.05, 3.63) is 46.8 Å². The van der Waals surface area contributed by atoms with E-state index in [1.165, 1.54) is 45.3 Å². The van der Waals surface area contributed by atoms with Crippen molar-refractivity contribution in [3.63, 3.8) is 0 Å². The summed E-state index contributed by atoms with van der Waals surface area (Å²) in [7, 11) is 2.84. The number of methoxy groups -OCH3 is 1. The molecule has 1 aromatic heterocycles. The standard InChI is InChI=1S/C21H39N7O12.C13H10N2O4/c1-5-21(36,4-30)16(40-17-9(26-2)13(34)10(31)6(3-29)38-17)18(37-5)39-15-8(28-20(24)25)11(32)7(27-19(22)23)12(33)14(15)35;1-19-11-7-3-5-9-13(11)15(18)8-4-2-6-10(16)12(8)14(9)17/h4-18,26,29,31-36H,3H2,1-2H3,(H4,22,23,27)(H4,24,25,28);2-7,16H,1H3/t5-,6-,7+,8-,9-,10-,11+,12-,13-,14+,15+,16-,17-,18-,21+;/m0./s1. The molecule has 59 heavy (non-hydrogen) atoms. The molecule has 3 heterocycles. The van der Waals surface area contributed by atoms with E-state index in [2.05, 4.69) is 16.0 Å². The number of hydrogen-bond acceptors (Lipinski definition) is 19. The van der Waals surface area contributed by atoms with Crippen LogP contribution in [0.2, 0.25) is 0 Å². The molecule has 6 rings (SSSR count). The first-order chi connectivity index (χ1) is 27.9. The Balaban J connectivity index is 0.000000287. The van der Waals surface area contributed by atoms with Crippen LogP contribution in [0.3, 0.4) is 0 Å². The Hall–Kier alpha value is -5.03. The maximum atomic E-state index is 12.3. The van der Waals surface area contributed by atoms with E-state index >= 15 is 0 Å². The molecule has 2 aliphatic heterocycles. The molecule has 1 aliphatic carbocycles. The Morgan fingerprint density at radius 2 is 1.44 bits per heavy atom. The minimum Gasteiger partial charge on any atom is -0.617 e. The number of hydrogen-bond donors (Lipinski definition) is 15. The number of aromatic nitrogens is 2. The summed E-state index contributed by atoms with van der Waals surface area (Å²) in [5.74, 6) is -1.21. The number of ether oxygens (including phenoxy) is 5. The summed E-state index contributed by atoms with van der Waals surface area (Å²) in [4.78, 5) is 12.1. The number of phenolic OH excluding ortho intramolecular Hbond substituents is 1. The van der Waals surface area contributed by atoms with Crippen LogP contribution in [0, 0.1) is 21.2 Å². The zero-order valence-corrected chi connectivity index (χ0v) is 31.7. The van der Waals surface area contributed by atoms with Crippen molar-refractivity contribution in [2.75, 3.05) is 20.8 Å². The molecule has 0 spiro atoms. The number of fused-ring (bicyclic) bond motifs is 2. The first-order valence-corrected chi connectivity index (χ1v) is 18.0. The molecule has 25 nitrogen and oxygen atoms in total. The number of aliphatic hydroxyl groups excluding tert-OH is 6.